The SMILES string of the molecule is CC(=CC(C)OCC(F)(F)F)C(=O)O. The van der Waals surface area contributed by atoms with Gasteiger partial charge < -0.3 is 9.84 Å². The average Bonchev–Trinajstić information content (AvgIpc) is 1.99. The number of carbonyl (C=O) groups is 1. The van der Waals surface area contributed by atoms with Gasteiger partial charge in [-0.3, -0.25) is 0 Å². The topological polar surface area (TPSA) is 46.5 Å². The Hall–Kier alpha value is -1.04. The predicted octanol–water partition coefficient (Wildman–Crippen LogP) is 1.98. The Morgan fingerprint density at radius 2 is 2.07 bits per heavy atom. The van der Waals surface area contributed by atoms with Gasteiger partial charge in [-0.05, 0) is 19.9 Å². The van der Waals surface area contributed by atoms with E-state index < -0.39 is 24.9 Å². The van der Waals surface area contributed by atoms with E-state index >= 15 is 0 Å². The minimum absolute atomic E-state index is 0.0420. The Morgan fingerprint density at radius 1 is 1.57 bits per heavy atom. The first-order valence-electron chi connectivity index (χ1n) is 3.82. The molecular formula is C8H11F3O3. The summed E-state index contributed by atoms with van der Waals surface area (Å²) in [7, 11) is 0. The molecule has 0 aromatic carbocycles. The van der Waals surface area contributed by atoms with E-state index in [1.807, 2.05) is 0 Å². The van der Waals surface area contributed by atoms with Gasteiger partial charge in [0.15, 0.2) is 0 Å². The van der Waals surface area contributed by atoms with Gasteiger partial charge >= 0.3 is 12.1 Å². The van der Waals surface area contributed by atoms with E-state index in [1.54, 1.807) is 0 Å². The van der Waals surface area contributed by atoms with Gasteiger partial charge in [0.05, 0.1) is 6.10 Å². The van der Waals surface area contributed by atoms with E-state index in [0.29, 0.717) is 0 Å². The minimum Gasteiger partial charge on any atom is -0.478 e. The van der Waals surface area contributed by atoms with Crippen LogP contribution in [0.5, 0.6) is 0 Å². The first-order valence-corrected chi connectivity index (χ1v) is 3.82. The molecule has 0 aromatic rings. The van der Waals surface area contributed by atoms with E-state index in [2.05, 4.69) is 4.74 Å². The molecule has 0 saturated heterocycles. The fourth-order valence-electron chi connectivity index (χ4n) is 0.697. The number of alkyl halides is 3. The second kappa shape index (κ2) is 4.99. The molecule has 82 valence electrons. The maximum absolute atomic E-state index is 11.6. The number of halogens is 3. The second-order valence-corrected chi connectivity index (χ2v) is 2.79. The van der Waals surface area contributed by atoms with Crippen molar-refractivity contribution in [1.82, 2.24) is 0 Å². The fourth-order valence-corrected chi connectivity index (χ4v) is 0.697. The van der Waals surface area contributed by atoms with Crippen molar-refractivity contribution in [3.63, 3.8) is 0 Å². The Bertz CT molecular complexity index is 232. The number of ether oxygens (including phenoxy) is 1. The zero-order valence-electron chi connectivity index (χ0n) is 7.76. The van der Waals surface area contributed by atoms with Crippen LogP contribution in [0.1, 0.15) is 13.8 Å². The lowest BCUT2D eigenvalue weighted by atomic mass is 10.2. The smallest absolute Gasteiger partial charge is 0.411 e. The third-order valence-corrected chi connectivity index (χ3v) is 1.33. The number of hydrogen-bond donors (Lipinski definition) is 1. The molecule has 0 heterocycles. The molecule has 3 nitrogen and oxygen atoms in total. The van der Waals surface area contributed by atoms with Gasteiger partial charge in [0.1, 0.15) is 6.61 Å². The Labute approximate surface area is 79.2 Å². The van der Waals surface area contributed by atoms with Crippen LogP contribution in [-0.2, 0) is 9.53 Å². The van der Waals surface area contributed by atoms with Crippen molar-refractivity contribution in [2.45, 2.75) is 26.1 Å². The monoisotopic (exact) mass is 212 g/mol. The van der Waals surface area contributed by atoms with E-state index in [1.165, 1.54) is 13.8 Å². The van der Waals surface area contributed by atoms with Crippen molar-refractivity contribution < 1.29 is 27.8 Å². The van der Waals surface area contributed by atoms with Crippen molar-refractivity contribution in [3.8, 4) is 0 Å². The van der Waals surface area contributed by atoms with E-state index in [-0.39, 0.29) is 5.57 Å². The molecule has 0 fully saturated rings. The van der Waals surface area contributed by atoms with Crippen LogP contribution in [0.25, 0.3) is 0 Å². The summed E-state index contributed by atoms with van der Waals surface area (Å²) in [5, 5.41) is 8.41. The van der Waals surface area contributed by atoms with Crippen LogP contribution in [0, 0.1) is 0 Å². The fraction of sp³-hybridized carbons (Fsp3) is 0.625. The van der Waals surface area contributed by atoms with Crippen LogP contribution in [0.3, 0.4) is 0 Å². The normalized spacial score (nSPS) is 15.4. The minimum atomic E-state index is -4.39. The van der Waals surface area contributed by atoms with Crippen LogP contribution < -0.4 is 0 Å². The molecule has 1 N–H and O–H groups in total. The molecule has 1 unspecified atom stereocenters. The van der Waals surface area contributed by atoms with Gasteiger partial charge in [-0.15, -0.1) is 0 Å². The highest BCUT2D eigenvalue weighted by atomic mass is 19.4. The van der Waals surface area contributed by atoms with Crippen LogP contribution in [0.15, 0.2) is 11.6 Å². The van der Waals surface area contributed by atoms with E-state index in [0.717, 1.165) is 6.08 Å². The van der Waals surface area contributed by atoms with Crippen LogP contribution in [0.2, 0.25) is 0 Å². The molecule has 0 amide bonds. The number of rotatable bonds is 4. The summed E-state index contributed by atoms with van der Waals surface area (Å²) in [5.41, 5.74) is -0.0420. The zero-order chi connectivity index (χ0) is 11.4. The van der Waals surface area contributed by atoms with E-state index in [9.17, 15) is 18.0 Å². The first-order chi connectivity index (χ1) is 6.22. The van der Waals surface area contributed by atoms with Crippen molar-refractivity contribution >= 4 is 5.97 Å². The van der Waals surface area contributed by atoms with Gasteiger partial charge in [-0.25, -0.2) is 4.79 Å². The molecule has 0 aromatic heterocycles. The molecule has 0 rings (SSSR count). The molecule has 1 atom stereocenters. The number of carboxylic acid groups (broad SMARTS) is 1. The molecule has 0 aliphatic heterocycles. The zero-order valence-corrected chi connectivity index (χ0v) is 7.76. The lowest BCUT2D eigenvalue weighted by Crippen LogP contribution is -2.21. The largest absolute Gasteiger partial charge is 0.478 e. The first kappa shape index (κ1) is 13.0. The van der Waals surface area contributed by atoms with Crippen molar-refractivity contribution in [2.24, 2.45) is 0 Å². The standard InChI is InChI=1S/C8H11F3O3/c1-5(7(12)13)3-6(2)14-4-8(9,10)11/h3,6H,4H2,1-2H3,(H,12,13). The molecule has 0 bridgehead atoms. The summed E-state index contributed by atoms with van der Waals surface area (Å²) in [6.07, 6.45) is -4.14. The number of aliphatic carboxylic acids is 1. The summed E-state index contributed by atoms with van der Waals surface area (Å²) in [4.78, 5) is 10.3. The second-order valence-electron chi connectivity index (χ2n) is 2.79. The third-order valence-electron chi connectivity index (χ3n) is 1.33. The average molecular weight is 212 g/mol. The maximum atomic E-state index is 11.6. The lowest BCUT2D eigenvalue weighted by Gasteiger charge is -2.11. The predicted molar refractivity (Wildman–Crippen MR) is 42.9 cm³/mol. The lowest BCUT2D eigenvalue weighted by molar-refractivity contribution is -0.179. The molecule has 0 aliphatic rings. The highest BCUT2D eigenvalue weighted by molar-refractivity contribution is 5.85. The number of carboxylic acids is 1. The van der Waals surface area contributed by atoms with Gasteiger partial charge in [0.2, 0.25) is 0 Å². The molecule has 6 heteroatoms. The molecule has 0 spiro atoms. The summed E-state index contributed by atoms with van der Waals surface area (Å²) in [6, 6.07) is 0. The summed E-state index contributed by atoms with van der Waals surface area (Å²) in [6.45, 7) is 1.26. The van der Waals surface area contributed by atoms with Gasteiger partial charge in [-0.2, -0.15) is 13.2 Å². The molecule has 0 radical (unpaired) electrons. The van der Waals surface area contributed by atoms with Crippen molar-refractivity contribution in [1.29, 1.82) is 0 Å². The Balaban J connectivity index is 4.05. The summed E-state index contributed by atoms with van der Waals surface area (Å²) < 4.78 is 39.3. The highest BCUT2D eigenvalue weighted by Gasteiger charge is 2.28. The molecule has 14 heavy (non-hydrogen) atoms. The highest BCUT2D eigenvalue weighted by Crippen LogP contribution is 2.15. The molecular weight excluding hydrogens is 201 g/mol. The Morgan fingerprint density at radius 3 is 2.43 bits per heavy atom. The van der Waals surface area contributed by atoms with Gasteiger partial charge in [-0.1, -0.05) is 0 Å². The summed E-state index contributed by atoms with van der Waals surface area (Å²) >= 11 is 0. The quantitative estimate of drug-likeness (QED) is 0.725. The van der Waals surface area contributed by atoms with Crippen LogP contribution in [-0.4, -0.2) is 30.0 Å². The van der Waals surface area contributed by atoms with E-state index in [4.69, 9.17) is 5.11 Å². The summed E-state index contributed by atoms with van der Waals surface area (Å²) in [5.74, 6) is -1.17. The van der Waals surface area contributed by atoms with Crippen molar-refractivity contribution in [2.75, 3.05) is 6.61 Å². The third kappa shape index (κ3) is 6.47. The Kier molecular flexibility index (Phi) is 4.62. The van der Waals surface area contributed by atoms with Gasteiger partial charge in [0.25, 0.3) is 0 Å². The van der Waals surface area contributed by atoms with Crippen molar-refractivity contribution in [3.05, 3.63) is 11.6 Å². The maximum Gasteiger partial charge on any atom is 0.411 e. The molecule has 0 aliphatic carbocycles. The van der Waals surface area contributed by atoms with Gasteiger partial charge in [0, 0.05) is 5.57 Å². The van der Waals surface area contributed by atoms with Crippen LogP contribution >= 0.6 is 0 Å². The number of hydrogen-bond acceptors (Lipinski definition) is 2. The van der Waals surface area contributed by atoms with Crippen LogP contribution in [0.4, 0.5) is 13.2 Å². The molecule has 0 saturated carbocycles.